The third kappa shape index (κ3) is 3.45. The second kappa shape index (κ2) is 6.88. The molecule has 1 amide bonds. The van der Waals surface area contributed by atoms with E-state index in [1.165, 1.54) is 10.9 Å². The lowest BCUT2D eigenvalue weighted by Crippen LogP contribution is -2.27. The summed E-state index contributed by atoms with van der Waals surface area (Å²) in [7, 11) is 0. The van der Waals surface area contributed by atoms with Gasteiger partial charge in [0.2, 0.25) is 5.71 Å². The highest BCUT2D eigenvalue weighted by Crippen LogP contribution is 2.21. The highest BCUT2D eigenvalue weighted by atomic mass is 16.3. The van der Waals surface area contributed by atoms with Gasteiger partial charge in [0.25, 0.3) is 11.5 Å². The molecule has 0 aliphatic carbocycles. The summed E-state index contributed by atoms with van der Waals surface area (Å²) in [5.41, 5.74) is 1.04. The third-order valence-corrected chi connectivity index (χ3v) is 3.82. The number of hydrogen-bond donors (Lipinski definition) is 1. The Labute approximate surface area is 144 Å². The molecule has 1 N–H and O–H groups in total. The van der Waals surface area contributed by atoms with Gasteiger partial charge in [-0.3, -0.25) is 19.1 Å². The Bertz CT molecular complexity index is 958. The first-order chi connectivity index (χ1) is 12.0. The first-order valence-electron chi connectivity index (χ1n) is 8.13. The Morgan fingerprint density at radius 2 is 2.20 bits per heavy atom. The number of pyridine rings is 1. The molecule has 3 heterocycles. The van der Waals surface area contributed by atoms with E-state index in [2.05, 4.69) is 15.3 Å². The molecule has 7 heteroatoms. The van der Waals surface area contributed by atoms with Gasteiger partial charge in [0, 0.05) is 25.5 Å². The third-order valence-electron chi connectivity index (χ3n) is 3.82. The average molecular weight is 340 g/mol. The van der Waals surface area contributed by atoms with Crippen molar-refractivity contribution < 1.29 is 9.21 Å². The summed E-state index contributed by atoms with van der Waals surface area (Å²) in [5.74, 6) is 0.305. The number of furan rings is 1. The number of aryl methyl sites for hydroxylation is 1. The molecule has 0 aromatic carbocycles. The topological polar surface area (TPSA) is 90.0 Å². The highest BCUT2D eigenvalue weighted by Gasteiger charge is 2.22. The van der Waals surface area contributed by atoms with Gasteiger partial charge in [0.15, 0.2) is 0 Å². The lowest BCUT2D eigenvalue weighted by atomic mass is 10.1. The maximum Gasteiger partial charge on any atom is 0.265 e. The fourth-order valence-corrected chi connectivity index (χ4v) is 2.71. The summed E-state index contributed by atoms with van der Waals surface area (Å²) < 4.78 is 7.03. The molecule has 0 aliphatic rings. The molecule has 0 bridgehead atoms. The van der Waals surface area contributed by atoms with Crippen LogP contribution in [0, 0.1) is 12.8 Å². The first kappa shape index (κ1) is 16.9. The number of carbonyl (C=O) groups excluding carboxylic acids is 1. The molecule has 3 rings (SSSR count). The van der Waals surface area contributed by atoms with Crippen LogP contribution in [0.3, 0.4) is 0 Å². The zero-order valence-electron chi connectivity index (χ0n) is 14.4. The number of nitrogens with zero attached hydrogens (tertiary/aromatic N) is 3. The molecule has 3 aromatic heterocycles. The fraction of sp³-hybridized carbons (Fsp3) is 0.333. The summed E-state index contributed by atoms with van der Waals surface area (Å²) in [6.45, 7) is 6.53. The van der Waals surface area contributed by atoms with Crippen molar-refractivity contribution in [3.8, 4) is 0 Å². The number of rotatable bonds is 5. The summed E-state index contributed by atoms with van der Waals surface area (Å²) in [6, 6.07) is 3.67. The molecule has 0 spiro atoms. The quantitative estimate of drug-likeness (QED) is 0.769. The van der Waals surface area contributed by atoms with E-state index >= 15 is 0 Å². The van der Waals surface area contributed by atoms with E-state index in [-0.39, 0.29) is 34.0 Å². The standard InChI is InChI=1S/C18H20N4O3/c1-11(2)9-22-10-21-17-15(18(22)24)14(12(3)25-17)16(23)20-8-13-5-4-6-19-7-13/h4-7,10-11H,8-9H2,1-3H3,(H,20,23). The van der Waals surface area contributed by atoms with E-state index in [9.17, 15) is 9.59 Å². The van der Waals surface area contributed by atoms with Crippen molar-refractivity contribution in [2.75, 3.05) is 0 Å². The second-order valence-corrected chi connectivity index (χ2v) is 6.35. The number of carbonyl (C=O) groups is 1. The molecule has 7 nitrogen and oxygen atoms in total. The molecule has 25 heavy (non-hydrogen) atoms. The fourth-order valence-electron chi connectivity index (χ4n) is 2.71. The van der Waals surface area contributed by atoms with Crippen molar-refractivity contribution in [2.24, 2.45) is 5.92 Å². The molecule has 0 fully saturated rings. The van der Waals surface area contributed by atoms with Crippen molar-refractivity contribution in [2.45, 2.75) is 33.9 Å². The largest absolute Gasteiger partial charge is 0.442 e. The van der Waals surface area contributed by atoms with Crippen LogP contribution in [-0.2, 0) is 13.1 Å². The minimum absolute atomic E-state index is 0.189. The van der Waals surface area contributed by atoms with Crippen LogP contribution in [0.1, 0.15) is 35.5 Å². The molecular formula is C18H20N4O3. The maximum absolute atomic E-state index is 12.7. The molecule has 0 saturated heterocycles. The van der Waals surface area contributed by atoms with Crippen LogP contribution in [0.4, 0.5) is 0 Å². The number of nitrogens with one attached hydrogen (secondary N) is 1. The van der Waals surface area contributed by atoms with Crippen LogP contribution < -0.4 is 10.9 Å². The van der Waals surface area contributed by atoms with Gasteiger partial charge >= 0.3 is 0 Å². The van der Waals surface area contributed by atoms with Gasteiger partial charge in [-0.15, -0.1) is 0 Å². The van der Waals surface area contributed by atoms with Crippen LogP contribution in [0.2, 0.25) is 0 Å². The molecule has 0 unspecified atom stereocenters. The lowest BCUT2D eigenvalue weighted by molar-refractivity contribution is 0.0950. The number of fused-ring (bicyclic) bond motifs is 1. The minimum Gasteiger partial charge on any atom is -0.442 e. The van der Waals surface area contributed by atoms with Gasteiger partial charge in [-0.05, 0) is 24.5 Å². The van der Waals surface area contributed by atoms with E-state index < -0.39 is 0 Å². The summed E-state index contributed by atoms with van der Waals surface area (Å²) in [5, 5.41) is 3.03. The Hall–Kier alpha value is -2.96. The van der Waals surface area contributed by atoms with Gasteiger partial charge < -0.3 is 9.73 Å². The van der Waals surface area contributed by atoms with Crippen molar-refractivity contribution >= 4 is 17.0 Å². The normalized spacial score (nSPS) is 11.2. The Kier molecular flexibility index (Phi) is 4.65. The van der Waals surface area contributed by atoms with Crippen LogP contribution in [0.5, 0.6) is 0 Å². The molecule has 0 atom stereocenters. The van der Waals surface area contributed by atoms with Crippen molar-refractivity contribution in [3.05, 3.63) is 58.1 Å². The number of amides is 1. The zero-order valence-corrected chi connectivity index (χ0v) is 14.4. The second-order valence-electron chi connectivity index (χ2n) is 6.35. The van der Waals surface area contributed by atoms with Gasteiger partial charge in [-0.1, -0.05) is 19.9 Å². The van der Waals surface area contributed by atoms with E-state index in [1.807, 2.05) is 19.9 Å². The van der Waals surface area contributed by atoms with Crippen molar-refractivity contribution in [1.82, 2.24) is 19.9 Å². The number of hydrogen-bond acceptors (Lipinski definition) is 5. The summed E-state index contributed by atoms with van der Waals surface area (Å²) >= 11 is 0. The maximum atomic E-state index is 12.7. The predicted octanol–water partition coefficient (Wildman–Crippen LogP) is 2.28. The molecule has 3 aromatic rings. The first-order valence-corrected chi connectivity index (χ1v) is 8.13. The molecule has 0 radical (unpaired) electrons. The van der Waals surface area contributed by atoms with E-state index in [0.717, 1.165) is 5.56 Å². The zero-order chi connectivity index (χ0) is 18.0. The van der Waals surface area contributed by atoms with E-state index in [0.29, 0.717) is 18.8 Å². The number of aromatic nitrogens is 3. The van der Waals surface area contributed by atoms with Crippen molar-refractivity contribution in [1.29, 1.82) is 0 Å². The molecule has 0 saturated carbocycles. The Morgan fingerprint density at radius 3 is 2.88 bits per heavy atom. The summed E-state index contributed by atoms with van der Waals surface area (Å²) in [6.07, 6.45) is 4.81. The van der Waals surface area contributed by atoms with Crippen molar-refractivity contribution in [3.63, 3.8) is 0 Å². The monoisotopic (exact) mass is 340 g/mol. The summed E-state index contributed by atoms with van der Waals surface area (Å²) in [4.78, 5) is 33.6. The van der Waals surface area contributed by atoms with Gasteiger partial charge in [-0.2, -0.15) is 0 Å². The highest BCUT2D eigenvalue weighted by molar-refractivity contribution is 6.06. The molecule has 0 aliphatic heterocycles. The van der Waals surface area contributed by atoms with Crippen LogP contribution in [-0.4, -0.2) is 20.4 Å². The van der Waals surface area contributed by atoms with Gasteiger partial charge in [0.05, 0.1) is 5.56 Å². The van der Waals surface area contributed by atoms with Crippen LogP contribution in [0.25, 0.3) is 11.1 Å². The average Bonchev–Trinajstić information content (AvgIpc) is 2.93. The molecule has 130 valence electrons. The predicted molar refractivity (Wildman–Crippen MR) is 93.3 cm³/mol. The van der Waals surface area contributed by atoms with E-state index in [1.54, 1.807) is 25.4 Å². The SMILES string of the molecule is Cc1oc2ncn(CC(C)C)c(=O)c2c1C(=O)NCc1cccnc1. The Morgan fingerprint density at radius 1 is 1.40 bits per heavy atom. The minimum atomic E-state index is -0.360. The van der Waals surface area contributed by atoms with Gasteiger partial charge in [0.1, 0.15) is 17.5 Å². The van der Waals surface area contributed by atoms with Crippen LogP contribution >= 0.6 is 0 Å². The molecular weight excluding hydrogens is 320 g/mol. The lowest BCUT2D eigenvalue weighted by Gasteiger charge is -2.08. The van der Waals surface area contributed by atoms with Gasteiger partial charge in [-0.25, -0.2) is 4.98 Å². The Balaban J connectivity index is 1.96. The van der Waals surface area contributed by atoms with Crippen LogP contribution in [0.15, 0.2) is 40.1 Å². The van der Waals surface area contributed by atoms with E-state index in [4.69, 9.17) is 4.42 Å². The smallest absolute Gasteiger partial charge is 0.265 e.